The van der Waals surface area contributed by atoms with Crippen molar-refractivity contribution in [2.24, 2.45) is 0 Å². The van der Waals surface area contributed by atoms with Gasteiger partial charge in [0.2, 0.25) is 0 Å². The van der Waals surface area contributed by atoms with Gasteiger partial charge in [-0.15, -0.1) is 0 Å². The summed E-state index contributed by atoms with van der Waals surface area (Å²) in [5.41, 5.74) is 1.23. The highest BCUT2D eigenvalue weighted by Gasteiger charge is 2.18. The zero-order chi connectivity index (χ0) is 13.7. The highest BCUT2D eigenvalue weighted by atomic mass is 79.9. The molecule has 1 aromatic carbocycles. The molecule has 1 fully saturated rings. The second kappa shape index (κ2) is 7.24. The molecule has 2 rings (SSSR count). The topological polar surface area (TPSA) is 33.7 Å². The van der Waals surface area contributed by atoms with Gasteiger partial charge in [0, 0.05) is 19.6 Å². The summed E-state index contributed by atoms with van der Waals surface area (Å²) < 4.78 is 12.5. The molecule has 1 saturated heterocycles. The van der Waals surface area contributed by atoms with Crippen molar-refractivity contribution in [3.8, 4) is 5.75 Å². The fourth-order valence-electron chi connectivity index (χ4n) is 2.13. The van der Waals surface area contributed by atoms with Gasteiger partial charge in [0.15, 0.2) is 0 Å². The van der Waals surface area contributed by atoms with Crippen LogP contribution in [0.2, 0.25) is 0 Å². The van der Waals surface area contributed by atoms with Crippen LogP contribution in [0.3, 0.4) is 0 Å². The Bertz CT molecular complexity index is 414. The molecule has 0 aliphatic carbocycles. The largest absolute Gasteiger partial charge is 0.490 e. The normalized spacial score (nSPS) is 20.5. The first-order valence-electron chi connectivity index (χ1n) is 6.55. The molecule has 1 aromatic rings. The smallest absolute Gasteiger partial charge is 0.133 e. The van der Waals surface area contributed by atoms with Crippen LogP contribution in [0.1, 0.15) is 5.56 Å². The number of hydrogen-bond acceptors (Lipinski definition) is 4. The predicted octanol–water partition coefficient (Wildman–Crippen LogP) is 1.88. The number of morpholine rings is 1. The second-order valence-electron chi connectivity index (χ2n) is 4.86. The molecular weight excluding hydrogens is 308 g/mol. The molecule has 106 valence electrons. The standard InChI is InChI=1S/C14H21BrN2O2/c1-16-8-11-3-4-14(13(15)7-11)19-10-12-9-17(2)5-6-18-12/h3-4,7,12,16H,5-6,8-10H2,1-2H3. The van der Waals surface area contributed by atoms with Gasteiger partial charge >= 0.3 is 0 Å². The molecule has 1 atom stereocenters. The third-order valence-corrected chi connectivity index (χ3v) is 3.76. The van der Waals surface area contributed by atoms with Gasteiger partial charge in [-0.3, -0.25) is 0 Å². The molecule has 19 heavy (non-hydrogen) atoms. The molecule has 0 bridgehead atoms. The van der Waals surface area contributed by atoms with Gasteiger partial charge in [-0.05, 0) is 47.7 Å². The number of likely N-dealkylation sites (N-methyl/N-ethyl adjacent to an activating group) is 1. The summed E-state index contributed by atoms with van der Waals surface area (Å²) in [7, 11) is 4.05. The van der Waals surface area contributed by atoms with Crippen LogP contribution in [0.5, 0.6) is 5.75 Å². The van der Waals surface area contributed by atoms with Gasteiger partial charge in [-0.25, -0.2) is 0 Å². The highest BCUT2D eigenvalue weighted by Crippen LogP contribution is 2.26. The summed E-state index contributed by atoms with van der Waals surface area (Å²) in [6, 6.07) is 6.16. The maximum absolute atomic E-state index is 5.84. The van der Waals surface area contributed by atoms with E-state index in [0.717, 1.165) is 36.5 Å². The van der Waals surface area contributed by atoms with Crippen molar-refractivity contribution < 1.29 is 9.47 Å². The van der Waals surface area contributed by atoms with E-state index in [-0.39, 0.29) is 6.10 Å². The predicted molar refractivity (Wildman–Crippen MR) is 79.6 cm³/mol. The van der Waals surface area contributed by atoms with E-state index >= 15 is 0 Å². The Morgan fingerprint density at radius 3 is 3.05 bits per heavy atom. The van der Waals surface area contributed by atoms with E-state index in [1.54, 1.807) is 0 Å². The highest BCUT2D eigenvalue weighted by molar-refractivity contribution is 9.10. The Kier molecular flexibility index (Phi) is 5.63. The fraction of sp³-hybridized carbons (Fsp3) is 0.571. The molecule has 1 heterocycles. The molecule has 0 amide bonds. The average Bonchev–Trinajstić information content (AvgIpc) is 2.38. The zero-order valence-corrected chi connectivity index (χ0v) is 13.1. The van der Waals surface area contributed by atoms with Crippen LogP contribution in [-0.2, 0) is 11.3 Å². The molecule has 1 aliphatic heterocycles. The first-order valence-corrected chi connectivity index (χ1v) is 7.34. The maximum Gasteiger partial charge on any atom is 0.133 e. The summed E-state index contributed by atoms with van der Waals surface area (Å²) in [4.78, 5) is 2.27. The van der Waals surface area contributed by atoms with E-state index in [0.29, 0.717) is 6.61 Å². The molecule has 5 heteroatoms. The monoisotopic (exact) mass is 328 g/mol. The summed E-state index contributed by atoms with van der Waals surface area (Å²) in [5.74, 6) is 0.872. The number of hydrogen-bond donors (Lipinski definition) is 1. The van der Waals surface area contributed by atoms with E-state index in [4.69, 9.17) is 9.47 Å². The summed E-state index contributed by atoms with van der Waals surface area (Å²) in [5, 5.41) is 3.13. The number of benzene rings is 1. The number of rotatable bonds is 5. The third-order valence-electron chi connectivity index (χ3n) is 3.14. The van der Waals surface area contributed by atoms with Crippen molar-refractivity contribution in [2.45, 2.75) is 12.6 Å². The molecule has 4 nitrogen and oxygen atoms in total. The lowest BCUT2D eigenvalue weighted by molar-refractivity contribution is -0.0404. The summed E-state index contributed by atoms with van der Waals surface area (Å²) in [6.07, 6.45) is 0.155. The second-order valence-corrected chi connectivity index (χ2v) is 5.72. The number of ether oxygens (including phenoxy) is 2. The molecule has 0 spiro atoms. The molecule has 1 N–H and O–H groups in total. The van der Waals surface area contributed by atoms with Crippen molar-refractivity contribution in [1.29, 1.82) is 0 Å². The van der Waals surface area contributed by atoms with Crippen LogP contribution in [-0.4, -0.2) is 51.4 Å². The maximum atomic E-state index is 5.84. The molecule has 1 aliphatic rings. The van der Waals surface area contributed by atoms with Crippen LogP contribution < -0.4 is 10.1 Å². The van der Waals surface area contributed by atoms with E-state index < -0.39 is 0 Å². The number of nitrogens with one attached hydrogen (secondary N) is 1. The summed E-state index contributed by atoms with van der Waals surface area (Å²) in [6.45, 7) is 4.16. The van der Waals surface area contributed by atoms with Gasteiger partial charge in [0.25, 0.3) is 0 Å². The Hall–Kier alpha value is -0.620. The minimum atomic E-state index is 0.155. The van der Waals surface area contributed by atoms with E-state index in [9.17, 15) is 0 Å². The van der Waals surface area contributed by atoms with Crippen molar-refractivity contribution >= 4 is 15.9 Å². The summed E-state index contributed by atoms with van der Waals surface area (Å²) >= 11 is 3.55. The van der Waals surface area contributed by atoms with Crippen LogP contribution in [0, 0.1) is 0 Å². The van der Waals surface area contributed by atoms with E-state index in [1.165, 1.54) is 5.56 Å². The van der Waals surface area contributed by atoms with Gasteiger partial charge in [0.1, 0.15) is 18.5 Å². The molecule has 0 radical (unpaired) electrons. The van der Waals surface area contributed by atoms with Gasteiger partial charge in [-0.1, -0.05) is 6.07 Å². The fourth-order valence-corrected chi connectivity index (χ4v) is 2.67. The Balaban J connectivity index is 1.88. The lowest BCUT2D eigenvalue weighted by atomic mass is 10.2. The molecule has 0 saturated carbocycles. The zero-order valence-electron chi connectivity index (χ0n) is 11.5. The van der Waals surface area contributed by atoms with E-state index in [2.05, 4.69) is 45.3 Å². The first kappa shape index (κ1) is 14.8. The first-order chi connectivity index (χ1) is 9.19. The van der Waals surface area contributed by atoms with Gasteiger partial charge < -0.3 is 19.7 Å². The lowest BCUT2D eigenvalue weighted by Crippen LogP contribution is -2.42. The number of nitrogens with zero attached hydrogens (tertiary/aromatic N) is 1. The van der Waals surface area contributed by atoms with Crippen molar-refractivity contribution in [3.05, 3.63) is 28.2 Å². The third kappa shape index (κ3) is 4.45. The van der Waals surface area contributed by atoms with Crippen molar-refractivity contribution in [2.75, 3.05) is 40.4 Å². The van der Waals surface area contributed by atoms with E-state index in [1.807, 2.05) is 13.1 Å². The minimum absolute atomic E-state index is 0.155. The molecular formula is C14H21BrN2O2. The number of halogens is 1. The Labute approximate surface area is 123 Å². The van der Waals surface area contributed by atoms with Crippen LogP contribution in [0.25, 0.3) is 0 Å². The lowest BCUT2D eigenvalue weighted by Gasteiger charge is -2.29. The molecule has 0 aromatic heterocycles. The Morgan fingerprint density at radius 1 is 1.53 bits per heavy atom. The van der Waals surface area contributed by atoms with Crippen LogP contribution >= 0.6 is 15.9 Å². The van der Waals surface area contributed by atoms with Gasteiger partial charge in [-0.2, -0.15) is 0 Å². The van der Waals surface area contributed by atoms with Crippen molar-refractivity contribution in [1.82, 2.24) is 10.2 Å². The minimum Gasteiger partial charge on any atom is -0.490 e. The van der Waals surface area contributed by atoms with Crippen LogP contribution in [0.15, 0.2) is 22.7 Å². The SMILES string of the molecule is CNCc1ccc(OCC2CN(C)CCO2)c(Br)c1. The van der Waals surface area contributed by atoms with Crippen molar-refractivity contribution in [3.63, 3.8) is 0 Å². The van der Waals surface area contributed by atoms with Crippen LogP contribution in [0.4, 0.5) is 0 Å². The molecule has 1 unspecified atom stereocenters. The van der Waals surface area contributed by atoms with Gasteiger partial charge in [0.05, 0.1) is 11.1 Å². The quantitative estimate of drug-likeness (QED) is 0.894. The Morgan fingerprint density at radius 2 is 2.37 bits per heavy atom. The average molecular weight is 329 g/mol.